The van der Waals surface area contributed by atoms with Crippen molar-refractivity contribution in [3.63, 3.8) is 0 Å². The van der Waals surface area contributed by atoms with Gasteiger partial charge in [-0.25, -0.2) is 4.39 Å². The van der Waals surface area contributed by atoms with Crippen LogP contribution in [0.25, 0.3) is 16.5 Å². The van der Waals surface area contributed by atoms with Crippen molar-refractivity contribution >= 4 is 34.0 Å². The van der Waals surface area contributed by atoms with Gasteiger partial charge in [0.25, 0.3) is 5.91 Å². The molecule has 0 bridgehead atoms. The molecule has 5 rings (SSSR count). The summed E-state index contributed by atoms with van der Waals surface area (Å²) in [4.78, 5) is 41.4. The van der Waals surface area contributed by atoms with Gasteiger partial charge < -0.3 is 31.5 Å². The zero-order chi connectivity index (χ0) is 32.2. The lowest BCUT2D eigenvalue weighted by molar-refractivity contribution is -0.132. The average Bonchev–Trinajstić information content (AvgIpc) is 3.47. The molecule has 0 heterocycles. The van der Waals surface area contributed by atoms with Crippen molar-refractivity contribution < 1.29 is 39.2 Å². The molecule has 7 N–H and O–H groups in total. The van der Waals surface area contributed by atoms with E-state index in [1.54, 1.807) is 39.2 Å². The number of likely N-dealkylation sites (N-methyl/N-ethyl adjacent to an activating group) is 1. The number of fused-ring (bicyclic) bond motifs is 3. The molecule has 10 nitrogen and oxygen atoms in total. The first-order valence-electron chi connectivity index (χ1n) is 15.0. The van der Waals surface area contributed by atoms with E-state index in [0.717, 1.165) is 38.2 Å². The summed E-state index contributed by atoms with van der Waals surface area (Å²) in [6, 6.07) is 4.40. The third-order valence-electron chi connectivity index (χ3n) is 9.58. The first-order valence-corrected chi connectivity index (χ1v) is 15.0. The highest BCUT2D eigenvalue weighted by Crippen LogP contribution is 2.48. The van der Waals surface area contributed by atoms with Crippen molar-refractivity contribution in [1.82, 2.24) is 10.2 Å². The Morgan fingerprint density at radius 3 is 2.41 bits per heavy atom. The number of aromatic hydroxyl groups is 1. The number of Topliss-reactive ketones (excluding diaryl/α,β-unsaturated/α-hetero) is 2. The van der Waals surface area contributed by atoms with E-state index in [1.807, 2.05) is 0 Å². The standard InChI is InChI=1S/C33H40FN3O7/c1-15-11-17-13-21-23(27(38)20-12-16(9-10-19(20)25(21)34)14-36-18-7-5-6-8-18)28(39)22(17)30(41)33(2,44)31(42)24(32(35)43)29(40)26(15)37(3)4/h9-10,12,15,17-18,26,36,38-39,42,44H,5-8,11,13-14H2,1-4H3,(H2,35,43)/t15-,17+,26-,33-/m0/s1. The van der Waals surface area contributed by atoms with Crippen LogP contribution in [-0.2, 0) is 27.3 Å². The maximum Gasteiger partial charge on any atom is 0.255 e. The molecule has 1 saturated carbocycles. The largest absolute Gasteiger partial charge is 0.508 e. The molecule has 2 aromatic carbocycles. The minimum atomic E-state index is -2.85. The van der Waals surface area contributed by atoms with Crippen LogP contribution >= 0.6 is 0 Å². The Kier molecular flexibility index (Phi) is 8.34. The third-order valence-corrected chi connectivity index (χ3v) is 9.58. The van der Waals surface area contributed by atoms with Gasteiger partial charge in [0.05, 0.1) is 11.6 Å². The summed E-state index contributed by atoms with van der Waals surface area (Å²) in [6.07, 6.45) is 4.41. The minimum absolute atomic E-state index is 0.0000940. The molecule has 0 unspecified atom stereocenters. The van der Waals surface area contributed by atoms with E-state index in [1.165, 1.54) is 4.90 Å². The lowest BCUT2D eigenvalue weighted by Crippen LogP contribution is -2.50. The van der Waals surface area contributed by atoms with Crippen LogP contribution in [0.1, 0.15) is 62.6 Å². The number of nitrogens with two attached hydrogens (primary N) is 1. The third kappa shape index (κ3) is 5.16. The van der Waals surface area contributed by atoms with E-state index in [0.29, 0.717) is 12.6 Å². The number of nitrogens with zero attached hydrogens (tertiary/aromatic N) is 1. The SMILES string of the molecule is C[C@H]1C[C@@H]2Cc3c(c(O)c4cc(CNC5CCCC5)ccc4c3F)C(O)=C2C(=O)[C@](C)(O)C(O)=C(C(N)=O)C(=O)[C@H]1N(C)C. The van der Waals surface area contributed by atoms with Crippen LogP contribution in [0.4, 0.5) is 4.39 Å². The van der Waals surface area contributed by atoms with E-state index >= 15 is 4.39 Å². The van der Waals surface area contributed by atoms with Crippen LogP contribution < -0.4 is 11.1 Å². The molecule has 4 atom stereocenters. The fraction of sp³-hybridized carbons (Fsp3) is 0.485. The topological polar surface area (TPSA) is 173 Å². The van der Waals surface area contributed by atoms with Crippen molar-refractivity contribution in [1.29, 1.82) is 0 Å². The maximum absolute atomic E-state index is 16.2. The Bertz CT molecular complexity index is 1620. The zero-order valence-electron chi connectivity index (χ0n) is 25.4. The molecule has 11 heteroatoms. The summed E-state index contributed by atoms with van der Waals surface area (Å²) in [6.45, 7) is 3.10. The smallest absolute Gasteiger partial charge is 0.255 e. The molecule has 0 spiro atoms. The number of hydrogen-bond donors (Lipinski definition) is 6. The number of rotatable bonds is 5. The monoisotopic (exact) mass is 609 g/mol. The highest BCUT2D eigenvalue weighted by molar-refractivity contribution is 6.22. The molecule has 3 aliphatic carbocycles. The van der Waals surface area contributed by atoms with Crippen molar-refractivity contribution in [3.05, 3.63) is 57.6 Å². The molecule has 0 radical (unpaired) electrons. The number of amides is 1. The minimum Gasteiger partial charge on any atom is -0.508 e. The van der Waals surface area contributed by atoms with Gasteiger partial charge in [0.1, 0.15) is 28.7 Å². The predicted molar refractivity (Wildman–Crippen MR) is 162 cm³/mol. The Labute approximate surface area is 255 Å². The molecule has 1 amide bonds. The van der Waals surface area contributed by atoms with E-state index in [2.05, 4.69) is 5.32 Å². The molecule has 2 aromatic rings. The van der Waals surface area contributed by atoms with Crippen molar-refractivity contribution in [2.24, 2.45) is 17.6 Å². The van der Waals surface area contributed by atoms with Gasteiger partial charge in [0.2, 0.25) is 5.78 Å². The average molecular weight is 610 g/mol. The van der Waals surface area contributed by atoms with Crippen molar-refractivity contribution in [2.45, 2.75) is 76.6 Å². The Balaban J connectivity index is 1.69. The van der Waals surface area contributed by atoms with Gasteiger partial charge in [-0.3, -0.25) is 19.3 Å². The number of aliphatic hydroxyl groups is 3. The van der Waals surface area contributed by atoms with Crippen LogP contribution in [0.5, 0.6) is 5.75 Å². The number of phenols is 1. The Morgan fingerprint density at radius 1 is 1.14 bits per heavy atom. The van der Waals surface area contributed by atoms with Crippen molar-refractivity contribution in [2.75, 3.05) is 14.1 Å². The number of ketones is 2. The lowest BCUT2D eigenvalue weighted by Gasteiger charge is -2.37. The molecule has 1 fully saturated rings. The van der Waals surface area contributed by atoms with Gasteiger partial charge >= 0.3 is 0 Å². The van der Waals surface area contributed by atoms with Gasteiger partial charge in [0, 0.05) is 34.5 Å². The van der Waals surface area contributed by atoms with Crippen LogP contribution in [0.3, 0.4) is 0 Å². The predicted octanol–water partition coefficient (Wildman–Crippen LogP) is 3.31. The number of carbonyl (C=O) groups excluding carboxylic acids is 3. The number of primary amides is 1. The molecule has 3 aliphatic rings. The number of carbonyl (C=O) groups is 3. The molecule has 44 heavy (non-hydrogen) atoms. The van der Waals surface area contributed by atoms with Gasteiger partial charge in [-0.15, -0.1) is 0 Å². The van der Waals surface area contributed by atoms with Crippen molar-refractivity contribution in [3.8, 4) is 5.75 Å². The normalized spacial score (nSPS) is 26.8. The number of nitrogens with one attached hydrogen (secondary N) is 1. The summed E-state index contributed by atoms with van der Waals surface area (Å²) in [5.74, 6) is -7.93. The zero-order valence-corrected chi connectivity index (χ0v) is 25.4. The van der Waals surface area contributed by atoms with E-state index in [9.17, 15) is 34.8 Å². The van der Waals surface area contributed by atoms with Gasteiger partial charge in [-0.1, -0.05) is 31.9 Å². The number of benzene rings is 2. The van der Waals surface area contributed by atoms with Crippen LogP contribution in [0, 0.1) is 17.7 Å². The molecular formula is C33H40FN3O7. The summed E-state index contributed by atoms with van der Waals surface area (Å²) in [7, 11) is 3.19. The highest BCUT2D eigenvalue weighted by atomic mass is 19.1. The van der Waals surface area contributed by atoms with Crippen LogP contribution in [0.15, 0.2) is 35.1 Å². The number of aliphatic hydroxyl groups excluding tert-OH is 2. The van der Waals surface area contributed by atoms with Crippen LogP contribution in [-0.4, -0.2) is 74.6 Å². The fourth-order valence-corrected chi connectivity index (χ4v) is 7.34. The van der Waals surface area contributed by atoms with Crippen LogP contribution in [0.2, 0.25) is 0 Å². The summed E-state index contributed by atoms with van der Waals surface area (Å²) < 4.78 is 16.2. The number of hydrogen-bond acceptors (Lipinski definition) is 9. The first kappa shape index (κ1) is 31.6. The van der Waals surface area contributed by atoms with E-state index in [4.69, 9.17) is 5.73 Å². The maximum atomic E-state index is 16.2. The van der Waals surface area contributed by atoms with E-state index in [-0.39, 0.29) is 40.3 Å². The number of phenolic OH excluding ortho intramolecular Hbond substituents is 1. The second-order valence-electron chi connectivity index (χ2n) is 12.9. The van der Waals surface area contributed by atoms with Gasteiger partial charge in [0.15, 0.2) is 11.4 Å². The molecule has 0 saturated heterocycles. The Morgan fingerprint density at radius 2 is 1.80 bits per heavy atom. The summed E-state index contributed by atoms with van der Waals surface area (Å²) >= 11 is 0. The molecular weight excluding hydrogens is 569 g/mol. The second kappa shape index (κ2) is 11.6. The summed E-state index contributed by atoms with van der Waals surface area (Å²) in [5.41, 5.74) is 1.89. The fourth-order valence-electron chi connectivity index (χ4n) is 7.34. The molecule has 0 aromatic heterocycles. The quantitative estimate of drug-likeness (QED) is 0.278. The highest BCUT2D eigenvalue weighted by Gasteiger charge is 2.49. The molecule has 236 valence electrons. The molecule has 0 aliphatic heterocycles. The Hall–Kier alpha value is -3.80. The summed E-state index contributed by atoms with van der Waals surface area (Å²) in [5, 5.41) is 49.3. The van der Waals surface area contributed by atoms with Gasteiger partial charge in [-0.05, 0) is 70.2 Å². The van der Waals surface area contributed by atoms with E-state index < -0.39 is 69.6 Å². The van der Waals surface area contributed by atoms with Gasteiger partial charge in [-0.2, -0.15) is 0 Å². The second-order valence-corrected chi connectivity index (χ2v) is 12.9. The first-order chi connectivity index (χ1) is 20.7. The lowest BCUT2D eigenvalue weighted by atomic mass is 9.70. The number of halogens is 1.